The molecule has 74 valence electrons. The Morgan fingerprint density at radius 2 is 2.00 bits per heavy atom. The molecule has 2 atom stereocenters. The Morgan fingerprint density at radius 3 is 2.38 bits per heavy atom. The molecule has 0 unspecified atom stereocenters. The Kier molecular flexibility index (Phi) is 4.72. The molecule has 0 aromatic heterocycles. The summed E-state index contributed by atoms with van der Waals surface area (Å²) in [7, 11) is 1.28. The standard InChI is InChI=1S/C8H13NO4/c1-6(8(10)13-3)4-5-7(2)9(11)12/h4-7H,1-3H3/b5-4+/t6-,7+/m0/s1. The molecule has 0 aromatic rings. The number of ether oxygens (including phenoxy) is 1. The highest BCUT2D eigenvalue weighted by molar-refractivity contribution is 5.73. The van der Waals surface area contributed by atoms with Crippen LogP contribution >= 0.6 is 0 Å². The first-order valence-corrected chi connectivity index (χ1v) is 3.88. The smallest absolute Gasteiger partial charge is 0.312 e. The van der Waals surface area contributed by atoms with Gasteiger partial charge in [-0.05, 0) is 13.0 Å². The number of nitro groups is 1. The molecule has 0 saturated heterocycles. The van der Waals surface area contributed by atoms with Gasteiger partial charge >= 0.3 is 5.97 Å². The van der Waals surface area contributed by atoms with Crippen molar-refractivity contribution in [2.24, 2.45) is 5.92 Å². The van der Waals surface area contributed by atoms with E-state index in [9.17, 15) is 14.9 Å². The number of rotatable bonds is 4. The molecule has 0 fully saturated rings. The fourth-order valence-corrected chi connectivity index (χ4v) is 0.662. The molecule has 0 radical (unpaired) electrons. The van der Waals surface area contributed by atoms with Gasteiger partial charge in [0, 0.05) is 11.8 Å². The lowest BCUT2D eigenvalue weighted by Gasteiger charge is -2.02. The predicted molar refractivity (Wildman–Crippen MR) is 46.8 cm³/mol. The van der Waals surface area contributed by atoms with Gasteiger partial charge in [-0.2, -0.15) is 0 Å². The number of esters is 1. The van der Waals surface area contributed by atoms with Crippen molar-refractivity contribution >= 4 is 5.97 Å². The van der Waals surface area contributed by atoms with Crippen molar-refractivity contribution in [3.8, 4) is 0 Å². The van der Waals surface area contributed by atoms with E-state index in [4.69, 9.17) is 0 Å². The van der Waals surface area contributed by atoms with E-state index in [-0.39, 0.29) is 0 Å². The Bertz CT molecular complexity index is 224. The molecule has 5 heteroatoms. The normalized spacial score (nSPS) is 15.3. The second-order valence-electron chi connectivity index (χ2n) is 2.72. The van der Waals surface area contributed by atoms with Gasteiger partial charge in [-0.25, -0.2) is 0 Å². The molecule has 0 aromatic carbocycles. The first kappa shape index (κ1) is 11.6. The molecule has 5 nitrogen and oxygen atoms in total. The molecule has 0 N–H and O–H groups in total. The third kappa shape index (κ3) is 4.25. The summed E-state index contributed by atoms with van der Waals surface area (Å²) in [6, 6.07) is -0.771. The lowest BCUT2D eigenvalue weighted by Crippen LogP contribution is -2.14. The van der Waals surface area contributed by atoms with Crippen LogP contribution in [0.25, 0.3) is 0 Å². The van der Waals surface area contributed by atoms with Crippen LogP contribution in [0.2, 0.25) is 0 Å². The van der Waals surface area contributed by atoms with E-state index in [0.29, 0.717) is 0 Å². The van der Waals surface area contributed by atoms with Crippen LogP contribution in [0.1, 0.15) is 13.8 Å². The maximum atomic E-state index is 10.9. The lowest BCUT2D eigenvalue weighted by atomic mass is 10.1. The summed E-state index contributed by atoms with van der Waals surface area (Å²) in [5.74, 6) is -0.834. The molecule has 0 aliphatic heterocycles. The molecular weight excluding hydrogens is 174 g/mol. The summed E-state index contributed by atoms with van der Waals surface area (Å²) >= 11 is 0. The van der Waals surface area contributed by atoms with Crippen molar-refractivity contribution in [3.05, 3.63) is 22.3 Å². The lowest BCUT2D eigenvalue weighted by molar-refractivity contribution is -0.504. The van der Waals surface area contributed by atoms with Gasteiger partial charge in [0.2, 0.25) is 6.04 Å². The van der Waals surface area contributed by atoms with Crippen LogP contribution in [0.4, 0.5) is 0 Å². The van der Waals surface area contributed by atoms with Crippen molar-refractivity contribution in [1.82, 2.24) is 0 Å². The number of hydrogen-bond donors (Lipinski definition) is 0. The van der Waals surface area contributed by atoms with Gasteiger partial charge in [0.05, 0.1) is 13.0 Å². The summed E-state index contributed by atoms with van der Waals surface area (Å²) < 4.78 is 4.44. The predicted octanol–water partition coefficient (Wildman–Crippen LogP) is 1.02. The Balaban J connectivity index is 4.11. The Hall–Kier alpha value is -1.39. The highest BCUT2D eigenvalue weighted by Gasteiger charge is 2.12. The third-order valence-electron chi connectivity index (χ3n) is 1.58. The van der Waals surface area contributed by atoms with E-state index in [1.54, 1.807) is 6.92 Å². The fraction of sp³-hybridized carbons (Fsp3) is 0.625. The van der Waals surface area contributed by atoms with Crippen LogP contribution in [0.5, 0.6) is 0 Å². The van der Waals surface area contributed by atoms with Crippen molar-refractivity contribution < 1.29 is 14.5 Å². The van der Waals surface area contributed by atoms with E-state index < -0.39 is 22.9 Å². The molecule has 0 aliphatic rings. The van der Waals surface area contributed by atoms with Gasteiger partial charge in [-0.1, -0.05) is 6.08 Å². The van der Waals surface area contributed by atoms with Gasteiger partial charge in [-0.3, -0.25) is 14.9 Å². The Morgan fingerprint density at radius 1 is 1.46 bits per heavy atom. The monoisotopic (exact) mass is 187 g/mol. The quantitative estimate of drug-likeness (QED) is 0.285. The summed E-state index contributed by atoms with van der Waals surface area (Å²) in [5, 5.41) is 10.2. The summed E-state index contributed by atoms with van der Waals surface area (Å²) in [6.07, 6.45) is 2.85. The van der Waals surface area contributed by atoms with Crippen molar-refractivity contribution in [3.63, 3.8) is 0 Å². The molecule has 0 rings (SSSR count). The van der Waals surface area contributed by atoms with E-state index in [1.165, 1.54) is 26.2 Å². The molecule has 0 bridgehead atoms. The SMILES string of the molecule is COC(=O)[C@@H](C)/C=C/[C@@H](C)[N+](=O)[O-]. The molecule has 13 heavy (non-hydrogen) atoms. The molecule has 0 amide bonds. The van der Waals surface area contributed by atoms with Gasteiger partial charge in [0.25, 0.3) is 0 Å². The van der Waals surface area contributed by atoms with Crippen molar-refractivity contribution in [2.75, 3.05) is 7.11 Å². The zero-order valence-electron chi connectivity index (χ0n) is 7.89. The number of nitrogens with zero attached hydrogens (tertiary/aromatic N) is 1. The zero-order chi connectivity index (χ0) is 10.4. The van der Waals surface area contributed by atoms with Crippen molar-refractivity contribution in [2.45, 2.75) is 19.9 Å². The van der Waals surface area contributed by atoms with E-state index in [1.807, 2.05) is 0 Å². The minimum atomic E-state index is -0.771. The van der Waals surface area contributed by atoms with Crippen molar-refractivity contribution in [1.29, 1.82) is 0 Å². The minimum Gasteiger partial charge on any atom is -0.469 e. The molecular formula is C8H13NO4. The van der Waals surface area contributed by atoms with Crippen LogP contribution in [0, 0.1) is 16.0 Å². The molecule has 0 spiro atoms. The van der Waals surface area contributed by atoms with Gasteiger partial charge in [-0.15, -0.1) is 0 Å². The topological polar surface area (TPSA) is 69.4 Å². The summed E-state index contributed by atoms with van der Waals surface area (Å²) in [6.45, 7) is 3.06. The number of carbonyl (C=O) groups excluding carboxylic acids is 1. The van der Waals surface area contributed by atoms with Crippen LogP contribution in [-0.4, -0.2) is 24.0 Å². The minimum absolute atomic E-state index is 0.396. The van der Waals surface area contributed by atoms with Gasteiger partial charge in [0.15, 0.2) is 0 Å². The van der Waals surface area contributed by atoms with Crippen LogP contribution < -0.4 is 0 Å². The summed E-state index contributed by atoms with van der Waals surface area (Å²) in [4.78, 5) is 20.6. The second-order valence-corrected chi connectivity index (χ2v) is 2.72. The first-order valence-electron chi connectivity index (χ1n) is 3.88. The van der Waals surface area contributed by atoms with Gasteiger partial charge in [0.1, 0.15) is 0 Å². The Labute approximate surface area is 76.5 Å². The van der Waals surface area contributed by atoms with E-state index in [0.717, 1.165) is 0 Å². The fourth-order valence-electron chi connectivity index (χ4n) is 0.662. The van der Waals surface area contributed by atoms with Crippen LogP contribution in [-0.2, 0) is 9.53 Å². The van der Waals surface area contributed by atoms with Gasteiger partial charge < -0.3 is 4.74 Å². The molecule has 0 aliphatic carbocycles. The summed E-state index contributed by atoms with van der Waals surface area (Å²) in [5.41, 5.74) is 0. The average Bonchev–Trinajstić information content (AvgIpc) is 2.11. The highest BCUT2D eigenvalue weighted by atomic mass is 16.6. The van der Waals surface area contributed by atoms with Crippen LogP contribution in [0.15, 0.2) is 12.2 Å². The largest absolute Gasteiger partial charge is 0.469 e. The van der Waals surface area contributed by atoms with E-state index in [2.05, 4.69) is 4.74 Å². The van der Waals surface area contributed by atoms with Crippen LogP contribution in [0.3, 0.4) is 0 Å². The molecule has 0 saturated carbocycles. The zero-order valence-corrected chi connectivity index (χ0v) is 7.89. The average molecular weight is 187 g/mol. The maximum absolute atomic E-state index is 10.9. The highest BCUT2D eigenvalue weighted by Crippen LogP contribution is 2.01. The number of carbonyl (C=O) groups is 1. The maximum Gasteiger partial charge on any atom is 0.312 e. The second kappa shape index (κ2) is 5.29. The number of methoxy groups -OCH3 is 1. The third-order valence-corrected chi connectivity index (χ3v) is 1.58. The molecule has 0 heterocycles. The first-order chi connectivity index (χ1) is 5.99. The number of hydrogen-bond acceptors (Lipinski definition) is 4. The van der Waals surface area contributed by atoms with E-state index >= 15 is 0 Å².